The van der Waals surface area contributed by atoms with Gasteiger partial charge in [-0.25, -0.2) is 0 Å². The minimum absolute atomic E-state index is 0.129. The predicted octanol–water partition coefficient (Wildman–Crippen LogP) is 3.82. The van der Waals surface area contributed by atoms with Gasteiger partial charge in [-0.1, -0.05) is 6.42 Å². The number of piperidine rings is 1. The monoisotopic (exact) mass is 365 g/mol. The van der Waals surface area contributed by atoms with Crippen molar-refractivity contribution in [1.29, 1.82) is 0 Å². The van der Waals surface area contributed by atoms with Gasteiger partial charge in [0.2, 0.25) is 0 Å². The van der Waals surface area contributed by atoms with E-state index in [2.05, 4.69) is 9.88 Å². The summed E-state index contributed by atoms with van der Waals surface area (Å²) in [6, 6.07) is 11.1. The molecule has 2 saturated heterocycles. The zero-order valence-corrected chi connectivity index (χ0v) is 15.7. The van der Waals surface area contributed by atoms with Crippen LogP contribution in [0.15, 0.2) is 48.8 Å². The van der Waals surface area contributed by atoms with Gasteiger partial charge in [0.05, 0.1) is 6.20 Å². The lowest BCUT2D eigenvalue weighted by Crippen LogP contribution is -2.36. The molecule has 2 fully saturated rings. The molecule has 0 saturated carbocycles. The highest BCUT2D eigenvalue weighted by Gasteiger charge is 2.28. The lowest BCUT2D eigenvalue weighted by Gasteiger charge is -2.29. The van der Waals surface area contributed by atoms with E-state index in [1.807, 2.05) is 41.3 Å². The van der Waals surface area contributed by atoms with E-state index in [0.717, 1.165) is 31.6 Å². The molecule has 0 N–H and O–H groups in total. The van der Waals surface area contributed by atoms with Gasteiger partial charge in [0.15, 0.2) is 0 Å². The first-order chi connectivity index (χ1) is 13.3. The molecular weight excluding hydrogens is 338 g/mol. The van der Waals surface area contributed by atoms with E-state index in [-0.39, 0.29) is 5.91 Å². The molecule has 4 rings (SSSR count). The van der Waals surface area contributed by atoms with Gasteiger partial charge in [-0.05, 0) is 74.7 Å². The number of ether oxygens (including phenoxy) is 1. The van der Waals surface area contributed by atoms with Crippen LogP contribution >= 0.6 is 0 Å². The molecule has 0 aliphatic carbocycles. The number of aromatic nitrogens is 1. The van der Waals surface area contributed by atoms with E-state index in [0.29, 0.717) is 17.4 Å². The fraction of sp³-hybridized carbons (Fsp3) is 0.455. The summed E-state index contributed by atoms with van der Waals surface area (Å²) in [6.45, 7) is 5.34. The number of amides is 1. The molecule has 3 heterocycles. The van der Waals surface area contributed by atoms with E-state index >= 15 is 0 Å². The zero-order valence-electron chi connectivity index (χ0n) is 15.7. The summed E-state index contributed by atoms with van der Waals surface area (Å²) < 4.78 is 5.75. The quantitative estimate of drug-likeness (QED) is 0.808. The number of nitrogens with zero attached hydrogens (tertiary/aromatic N) is 3. The van der Waals surface area contributed by atoms with Crippen molar-refractivity contribution >= 4 is 5.91 Å². The first-order valence-electron chi connectivity index (χ1n) is 9.97. The number of likely N-dealkylation sites (tertiary alicyclic amines) is 2. The summed E-state index contributed by atoms with van der Waals surface area (Å²) in [6.07, 6.45) is 8.51. The molecule has 2 aliphatic heterocycles. The zero-order chi connectivity index (χ0) is 18.5. The standard InChI is InChI=1S/C22H27N3O2/c26-22(25-14-10-18(17-25)16-24-12-2-1-3-13-24)19-6-8-20(9-7-19)27-21-5-4-11-23-15-21/h4-9,11,15,18H,1-3,10,12-14,16-17H2/t18-/m1/s1. The third-order valence-corrected chi connectivity index (χ3v) is 5.51. The van der Waals surface area contributed by atoms with Gasteiger partial charge in [-0.15, -0.1) is 0 Å². The molecule has 5 nitrogen and oxygen atoms in total. The Hall–Kier alpha value is -2.40. The van der Waals surface area contributed by atoms with Gasteiger partial charge in [0, 0.05) is 31.4 Å². The van der Waals surface area contributed by atoms with Crippen LogP contribution in [0.4, 0.5) is 0 Å². The Morgan fingerprint density at radius 1 is 1.04 bits per heavy atom. The van der Waals surface area contributed by atoms with Crippen molar-refractivity contribution in [1.82, 2.24) is 14.8 Å². The van der Waals surface area contributed by atoms with Crippen LogP contribution in [0.5, 0.6) is 11.5 Å². The molecule has 1 atom stereocenters. The Labute approximate surface area is 161 Å². The highest BCUT2D eigenvalue weighted by atomic mass is 16.5. The average molecular weight is 365 g/mol. The van der Waals surface area contributed by atoms with Crippen molar-refractivity contribution in [3.63, 3.8) is 0 Å². The number of rotatable bonds is 5. The molecule has 0 radical (unpaired) electrons. The maximum absolute atomic E-state index is 12.8. The lowest BCUT2D eigenvalue weighted by molar-refractivity contribution is 0.0782. The van der Waals surface area contributed by atoms with E-state index < -0.39 is 0 Å². The van der Waals surface area contributed by atoms with E-state index in [9.17, 15) is 4.79 Å². The van der Waals surface area contributed by atoms with Crippen molar-refractivity contribution in [2.45, 2.75) is 25.7 Å². The fourth-order valence-corrected chi connectivity index (χ4v) is 4.06. The van der Waals surface area contributed by atoms with Crippen LogP contribution in [-0.2, 0) is 0 Å². The summed E-state index contributed by atoms with van der Waals surface area (Å²) in [4.78, 5) is 21.4. The third kappa shape index (κ3) is 4.66. The topological polar surface area (TPSA) is 45.7 Å². The van der Waals surface area contributed by atoms with Crippen LogP contribution in [0.2, 0.25) is 0 Å². The molecule has 2 aromatic rings. The second kappa shape index (κ2) is 8.53. The van der Waals surface area contributed by atoms with E-state index in [1.165, 1.54) is 32.4 Å². The molecule has 1 aromatic heterocycles. The number of hydrogen-bond acceptors (Lipinski definition) is 4. The molecule has 1 aromatic carbocycles. The fourth-order valence-electron chi connectivity index (χ4n) is 4.06. The van der Waals surface area contributed by atoms with Crippen LogP contribution < -0.4 is 4.74 Å². The van der Waals surface area contributed by atoms with Gasteiger partial charge in [0.1, 0.15) is 11.5 Å². The molecule has 142 valence electrons. The molecule has 0 unspecified atom stereocenters. The van der Waals surface area contributed by atoms with Gasteiger partial charge < -0.3 is 14.5 Å². The summed E-state index contributed by atoms with van der Waals surface area (Å²) in [5.74, 6) is 2.14. The minimum atomic E-state index is 0.129. The first kappa shape index (κ1) is 18.0. The molecule has 2 aliphatic rings. The first-order valence-corrected chi connectivity index (χ1v) is 9.97. The molecule has 1 amide bonds. The van der Waals surface area contributed by atoms with Crippen molar-refractivity contribution in [2.75, 3.05) is 32.7 Å². The molecule has 0 spiro atoms. The highest BCUT2D eigenvalue weighted by Crippen LogP contribution is 2.24. The predicted molar refractivity (Wildman–Crippen MR) is 105 cm³/mol. The molecular formula is C22H27N3O2. The Morgan fingerprint density at radius 3 is 2.59 bits per heavy atom. The number of pyridine rings is 1. The number of carbonyl (C=O) groups is 1. The summed E-state index contributed by atoms with van der Waals surface area (Å²) in [5.41, 5.74) is 0.729. The number of carbonyl (C=O) groups excluding carboxylic acids is 1. The molecule has 27 heavy (non-hydrogen) atoms. The number of benzene rings is 1. The largest absolute Gasteiger partial charge is 0.456 e. The molecule has 0 bridgehead atoms. The van der Waals surface area contributed by atoms with Crippen LogP contribution in [0.1, 0.15) is 36.0 Å². The van der Waals surface area contributed by atoms with Crippen LogP contribution in [0.3, 0.4) is 0 Å². The Morgan fingerprint density at radius 2 is 1.85 bits per heavy atom. The summed E-state index contributed by atoms with van der Waals surface area (Å²) in [5, 5.41) is 0. The third-order valence-electron chi connectivity index (χ3n) is 5.51. The SMILES string of the molecule is O=C(c1ccc(Oc2cccnc2)cc1)N1CC[C@H](CN2CCCCC2)C1. The Kier molecular flexibility index (Phi) is 5.68. The smallest absolute Gasteiger partial charge is 0.253 e. The normalized spacial score (nSPS) is 20.6. The lowest BCUT2D eigenvalue weighted by atomic mass is 10.1. The second-order valence-corrected chi connectivity index (χ2v) is 7.58. The van der Waals surface area contributed by atoms with Crippen molar-refractivity contribution in [2.24, 2.45) is 5.92 Å². The van der Waals surface area contributed by atoms with Crippen LogP contribution in [0, 0.1) is 5.92 Å². The van der Waals surface area contributed by atoms with Gasteiger partial charge in [0.25, 0.3) is 5.91 Å². The Balaban J connectivity index is 1.31. The summed E-state index contributed by atoms with van der Waals surface area (Å²) >= 11 is 0. The maximum atomic E-state index is 12.8. The second-order valence-electron chi connectivity index (χ2n) is 7.58. The number of hydrogen-bond donors (Lipinski definition) is 0. The molecule has 5 heteroatoms. The van der Waals surface area contributed by atoms with Crippen molar-refractivity contribution in [3.8, 4) is 11.5 Å². The van der Waals surface area contributed by atoms with Gasteiger partial charge in [-0.3, -0.25) is 9.78 Å². The summed E-state index contributed by atoms with van der Waals surface area (Å²) in [7, 11) is 0. The van der Waals surface area contributed by atoms with Crippen molar-refractivity contribution in [3.05, 3.63) is 54.4 Å². The van der Waals surface area contributed by atoms with E-state index in [1.54, 1.807) is 12.4 Å². The Bertz CT molecular complexity index is 742. The van der Waals surface area contributed by atoms with Gasteiger partial charge in [-0.2, -0.15) is 0 Å². The van der Waals surface area contributed by atoms with Gasteiger partial charge >= 0.3 is 0 Å². The highest BCUT2D eigenvalue weighted by molar-refractivity contribution is 5.94. The van der Waals surface area contributed by atoms with Crippen LogP contribution in [0.25, 0.3) is 0 Å². The average Bonchev–Trinajstić information content (AvgIpc) is 3.18. The minimum Gasteiger partial charge on any atom is -0.456 e. The van der Waals surface area contributed by atoms with E-state index in [4.69, 9.17) is 4.74 Å². The van der Waals surface area contributed by atoms with Crippen LogP contribution in [-0.4, -0.2) is 53.4 Å². The maximum Gasteiger partial charge on any atom is 0.253 e. The van der Waals surface area contributed by atoms with Crippen molar-refractivity contribution < 1.29 is 9.53 Å².